The van der Waals surface area contributed by atoms with Crippen molar-refractivity contribution in [1.29, 1.82) is 0 Å². The summed E-state index contributed by atoms with van der Waals surface area (Å²) in [5, 5.41) is 3.27. The van der Waals surface area contributed by atoms with Gasteiger partial charge in [0.1, 0.15) is 5.75 Å². The van der Waals surface area contributed by atoms with E-state index in [0.29, 0.717) is 0 Å². The van der Waals surface area contributed by atoms with E-state index in [1.54, 1.807) is 0 Å². The first-order valence-corrected chi connectivity index (χ1v) is 5.34. The highest BCUT2D eigenvalue weighted by Gasteiger charge is 2.04. The molecule has 0 spiro atoms. The molecule has 0 aliphatic rings. The van der Waals surface area contributed by atoms with Crippen LogP contribution in [0.15, 0.2) is 24.3 Å². The van der Waals surface area contributed by atoms with Gasteiger partial charge >= 0.3 is 0 Å². The molecule has 1 atom stereocenters. The number of para-hydroxylation sites is 2. The molecule has 3 N–H and O–H groups in total. The van der Waals surface area contributed by atoms with Crippen LogP contribution in [0.3, 0.4) is 0 Å². The lowest BCUT2D eigenvalue weighted by Crippen LogP contribution is -2.25. The van der Waals surface area contributed by atoms with E-state index in [2.05, 4.69) is 5.32 Å². The Morgan fingerprint density at radius 3 is 2.53 bits per heavy atom. The lowest BCUT2D eigenvalue weighted by molar-refractivity contribution is 0.243. The number of ether oxygens (including phenoxy) is 1. The quantitative estimate of drug-likeness (QED) is 0.780. The predicted molar refractivity (Wildman–Crippen MR) is 64.3 cm³/mol. The molecule has 0 amide bonds. The summed E-state index contributed by atoms with van der Waals surface area (Å²) in [4.78, 5) is 0. The summed E-state index contributed by atoms with van der Waals surface area (Å²) in [5.41, 5.74) is 6.69. The van der Waals surface area contributed by atoms with Crippen molar-refractivity contribution in [3.05, 3.63) is 24.3 Å². The van der Waals surface area contributed by atoms with Gasteiger partial charge in [-0.05, 0) is 32.9 Å². The number of benzene rings is 1. The van der Waals surface area contributed by atoms with Crippen LogP contribution in [0.1, 0.15) is 20.8 Å². The largest absolute Gasteiger partial charge is 0.489 e. The minimum Gasteiger partial charge on any atom is -0.489 e. The van der Waals surface area contributed by atoms with Gasteiger partial charge in [0.15, 0.2) is 0 Å². The van der Waals surface area contributed by atoms with Gasteiger partial charge in [0.05, 0.1) is 11.8 Å². The number of hydrogen-bond donors (Lipinski definition) is 2. The van der Waals surface area contributed by atoms with Crippen molar-refractivity contribution < 1.29 is 4.74 Å². The molecule has 15 heavy (non-hydrogen) atoms. The maximum atomic E-state index is 5.69. The predicted octanol–water partition coefficient (Wildman–Crippen LogP) is 2.23. The first-order chi connectivity index (χ1) is 7.09. The maximum Gasteiger partial charge on any atom is 0.142 e. The Morgan fingerprint density at radius 1 is 1.27 bits per heavy atom. The molecular weight excluding hydrogens is 188 g/mol. The monoisotopic (exact) mass is 208 g/mol. The second kappa shape index (κ2) is 5.61. The van der Waals surface area contributed by atoms with E-state index in [0.717, 1.165) is 18.0 Å². The van der Waals surface area contributed by atoms with Gasteiger partial charge in [-0.25, -0.2) is 0 Å². The van der Waals surface area contributed by atoms with E-state index < -0.39 is 0 Å². The lowest BCUT2D eigenvalue weighted by atomic mass is 10.2. The first kappa shape index (κ1) is 11.9. The molecule has 84 valence electrons. The highest BCUT2D eigenvalue weighted by Crippen LogP contribution is 2.24. The van der Waals surface area contributed by atoms with Gasteiger partial charge in [-0.2, -0.15) is 0 Å². The molecule has 0 radical (unpaired) electrons. The van der Waals surface area contributed by atoms with Crippen molar-refractivity contribution in [2.75, 3.05) is 11.9 Å². The van der Waals surface area contributed by atoms with Crippen LogP contribution in [0.5, 0.6) is 5.75 Å². The topological polar surface area (TPSA) is 47.3 Å². The normalized spacial score (nSPS) is 12.6. The fourth-order valence-corrected chi connectivity index (χ4v) is 1.24. The SMILES string of the molecule is CC(N)CNc1ccccc1OC(C)C. The maximum absolute atomic E-state index is 5.69. The van der Waals surface area contributed by atoms with Gasteiger partial charge in [0.25, 0.3) is 0 Å². The molecule has 0 aromatic heterocycles. The summed E-state index contributed by atoms with van der Waals surface area (Å²) in [5.74, 6) is 0.883. The van der Waals surface area contributed by atoms with Crippen molar-refractivity contribution in [3.8, 4) is 5.75 Å². The van der Waals surface area contributed by atoms with Gasteiger partial charge < -0.3 is 15.8 Å². The van der Waals surface area contributed by atoms with Crippen molar-refractivity contribution in [2.24, 2.45) is 5.73 Å². The van der Waals surface area contributed by atoms with Crippen LogP contribution >= 0.6 is 0 Å². The summed E-state index contributed by atoms with van der Waals surface area (Å²) in [6.45, 7) is 6.75. The fourth-order valence-electron chi connectivity index (χ4n) is 1.24. The molecular formula is C12H20N2O. The molecule has 0 aliphatic carbocycles. The molecule has 0 saturated carbocycles. The van der Waals surface area contributed by atoms with Crippen molar-refractivity contribution in [2.45, 2.75) is 32.9 Å². The molecule has 1 aromatic rings. The fraction of sp³-hybridized carbons (Fsp3) is 0.500. The summed E-state index contributed by atoms with van der Waals surface area (Å²) in [7, 11) is 0. The highest BCUT2D eigenvalue weighted by molar-refractivity contribution is 5.56. The van der Waals surface area contributed by atoms with Crippen LogP contribution in [0.2, 0.25) is 0 Å². The molecule has 1 unspecified atom stereocenters. The van der Waals surface area contributed by atoms with Crippen molar-refractivity contribution in [1.82, 2.24) is 0 Å². The minimum atomic E-state index is 0.136. The van der Waals surface area contributed by atoms with E-state index in [1.807, 2.05) is 45.0 Å². The molecule has 3 nitrogen and oxygen atoms in total. The minimum absolute atomic E-state index is 0.136. The van der Waals surface area contributed by atoms with Crippen LogP contribution in [0.25, 0.3) is 0 Å². The Morgan fingerprint density at radius 2 is 1.93 bits per heavy atom. The van der Waals surface area contributed by atoms with Gasteiger partial charge in [-0.3, -0.25) is 0 Å². The third-order valence-electron chi connectivity index (χ3n) is 1.86. The molecule has 0 fully saturated rings. The average molecular weight is 208 g/mol. The average Bonchev–Trinajstić information content (AvgIpc) is 2.15. The zero-order valence-electron chi connectivity index (χ0n) is 9.66. The van der Waals surface area contributed by atoms with Crippen LogP contribution in [-0.4, -0.2) is 18.7 Å². The zero-order chi connectivity index (χ0) is 11.3. The van der Waals surface area contributed by atoms with Gasteiger partial charge in [0.2, 0.25) is 0 Å². The van der Waals surface area contributed by atoms with Crippen LogP contribution in [-0.2, 0) is 0 Å². The smallest absolute Gasteiger partial charge is 0.142 e. The number of nitrogens with two attached hydrogens (primary N) is 1. The highest BCUT2D eigenvalue weighted by atomic mass is 16.5. The number of hydrogen-bond acceptors (Lipinski definition) is 3. The van der Waals surface area contributed by atoms with Crippen molar-refractivity contribution in [3.63, 3.8) is 0 Å². The Labute approximate surface area is 91.6 Å². The van der Waals surface area contributed by atoms with E-state index in [4.69, 9.17) is 10.5 Å². The molecule has 0 heterocycles. The van der Waals surface area contributed by atoms with Gasteiger partial charge in [-0.1, -0.05) is 12.1 Å². The van der Waals surface area contributed by atoms with Crippen molar-refractivity contribution >= 4 is 5.69 Å². The van der Waals surface area contributed by atoms with Crippen LogP contribution in [0, 0.1) is 0 Å². The van der Waals surface area contributed by atoms with E-state index in [9.17, 15) is 0 Å². The molecule has 0 bridgehead atoms. The summed E-state index contributed by atoms with van der Waals surface area (Å²) in [6, 6.07) is 8.05. The second-order valence-corrected chi connectivity index (χ2v) is 4.02. The zero-order valence-corrected chi connectivity index (χ0v) is 9.66. The Kier molecular flexibility index (Phi) is 4.43. The molecule has 0 aliphatic heterocycles. The van der Waals surface area contributed by atoms with E-state index >= 15 is 0 Å². The third kappa shape index (κ3) is 4.21. The van der Waals surface area contributed by atoms with Crippen LogP contribution in [0.4, 0.5) is 5.69 Å². The number of rotatable bonds is 5. The number of anilines is 1. The molecule has 1 aromatic carbocycles. The van der Waals surface area contributed by atoms with Crippen LogP contribution < -0.4 is 15.8 Å². The van der Waals surface area contributed by atoms with Gasteiger partial charge in [0, 0.05) is 12.6 Å². The molecule has 3 heteroatoms. The third-order valence-corrected chi connectivity index (χ3v) is 1.86. The number of nitrogens with one attached hydrogen (secondary N) is 1. The molecule has 0 saturated heterocycles. The Hall–Kier alpha value is -1.22. The molecule has 1 rings (SSSR count). The summed E-state index contributed by atoms with van der Waals surface area (Å²) >= 11 is 0. The Balaban J connectivity index is 2.68. The summed E-state index contributed by atoms with van der Waals surface area (Å²) < 4.78 is 5.67. The lowest BCUT2D eigenvalue weighted by Gasteiger charge is -2.16. The summed E-state index contributed by atoms with van der Waals surface area (Å²) in [6.07, 6.45) is 0.184. The first-order valence-electron chi connectivity index (χ1n) is 5.34. The van der Waals surface area contributed by atoms with E-state index in [-0.39, 0.29) is 12.1 Å². The Bertz CT molecular complexity index is 297. The second-order valence-electron chi connectivity index (χ2n) is 4.02. The van der Waals surface area contributed by atoms with E-state index in [1.165, 1.54) is 0 Å². The van der Waals surface area contributed by atoms with Gasteiger partial charge in [-0.15, -0.1) is 0 Å². The standard InChI is InChI=1S/C12H20N2O/c1-9(2)15-12-7-5-4-6-11(12)14-8-10(3)13/h4-7,9-10,14H,8,13H2,1-3H3.